The molecule has 1 aliphatic carbocycles. The summed E-state index contributed by atoms with van der Waals surface area (Å²) in [5.74, 6) is 0.804. The molecule has 0 saturated carbocycles. The molecule has 0 unspecified atom stereocenters. The van der Waals surface area contributed by atoms with Gasteiger partial charge in [-0.05, 0) is 48.3 Å². The van der Waals surface area contributed by atoms with Crippen LogP contribution in [0.5, 0.6) is 0 Å². The SMILES string of the molecule is S=C1CC(C[C@@H]2CCc3ccccc3C2)=CN1. The van der Waals surface area contributed by atoms with Crippen molar-refractivity contribution in [1.82, 2.24) is 5.32 Å². The molecule has 0 radical (unpaired) electrons. The van der Waals surface area contributed by atoms with E-state index in [1.165, 1.54) is 31.3 Å². The monoisotopic (exact) mass is 243 g/mol. The van der Waals surface area contributed by atoms with E-state index in [0.29, 0.717) is 0 Å². The predicted octanol–water partition coefficient (Wildman–Crippen LogP) is 3.39. The Bertz CT molecular complexity index is 476. The van der Waals surface area contributed by atoms with E-state index in [0.717, 1.165) is 17.3 Å². The first-order chi connectivity index (χ1) is 8.31. The fourth-order valence-corrected chi connectivity index (χ4v) is 3.18. The van der Waals surface area contributed by atoms with Crippen molar-refractivity contribution >= 4 is 17.2 Å². The molecule has 3 rings (SSSR count). The normalized spacial score (nSPS) is 22.9. The highest BCUT2D eigenvalue weighted by atomic mass is 32.1. The summed E-state index contributed by atoms with van der Waals surface area (Å²) in [7, 11) is 0. The van der Waals surface area contributed by atoms with Gasteiger partial charge in [-0.2, -0.15) is 0 Å². The third-order valence-electron chi connectivity index (χ3n) is 3.82. The van der Waals surface area contributed by atoms with Gasteiger partial charge in [0.15, 0.2) is 0 Å². The molecule has 17 heavy (non-hydrogen) atoms. The summed E-state index contributed by atoms with van der Waals surface area (Å²) in [5, 5.41) is 3.15. The molecule has 88 valence electrons. The maximum Gasteiger partial charge on any atom is 0.0834 e. The third kappa shape index (κ3) is 2.42. The lowest BCUT2D eigenvalue weighted by Gasteiger charge is -2.24. The molecule has 0 aromatic heterocycles. The van der Waals surface area contributed by atoms with Crippen LogP contribution in [0.25, 0.3) is 0 Å². The molecule has 0 amide bonds. The lowest BCUT2D eigenvalue weighted by Crippen LogP contribution is -2.14. The molecule has 0 fully saturated rings. The summed E-state index contributed by atoms with van der Waals surface area (Å²) in [4.78, 5) is 0.983. The maximum absolute atomic E-state index is 5.16. The lowest BCUT2D eigenvalue weighted by atomic mass is 9.81. The van der Waals surface area contributed by atoms with Crippen molar-refractivity contribution in [2.75, 3.05) is 0 Å². The molecule has 1 nitrogen and oxygen atoms in total. The molecule has 2 heteroatoms. The summed E-state index contributed by atoms with van der Waals surface area (Å²) in [6, 6.07) is 8.87. The van der Waals surface area contributed by atoms with E-state index in [9.17, 15) is 0 Å². The van der Waals surface area contributed by atoms with E-state index in [-0.39, 0.29) is 0 Å². The number of thiocarbonyl (C=S) groups is 1. The van der Waals surface area contributed by atoms with Crippen LogP contribution in [0, 0.1) is 5.92 Å². The maximum atomic E-state index is 5.16. The lowest BCUT2D eigenvalue weighted by molar-refractivity contribution is 0.453. The fraction of sp³-hybridized carbons (Fsp3) is 0.400. The van der Waals surface area contributed by atoms with E-state index in [1.54, 1.807) is 11.1 Å². The molecule has 1 heterocycles. The van der Waals surface area contributed by atoms with Crippen LogP contribution in [-0.2, 0) is 12.8 Å². The van der Waals surface area contributed by atoms with Crippen molar-refractivity contribution in [3.05, 3.63) is 47.2 Å². The molecule has 1 aromatic carbocycles. The second-order valence-electron chi connectivity index (χ2n) is 5.13. The minimum absolute atomic E-state index is 0.804. The molecule has 1 atom stereocenters. The summed E-state index contributed by atoms with van der Waals surface area (Å²) in [6.07, 6.45) is 8.10. The van der Waals surface area contributed by atoms with Crippen LogP contribution in [0.2, 0.25) is 0 Å². The minimum atomic E-state index is 0.804. The summed E-state index contributed by atoms with van der Waals surface area (Å²) in [5.41, 5.74) is 4.59. The highest BCUT2D eigenvalue weighted by Gasteiger charge is 2.20. The smallest absolute Gasteiger partial charge is 0.0834 e. The molecule has 1 aromatic rings. The Morgan fingerprint density at radius 2 is 2.06 bits per heavy atom. The van der Waals surface area contributed by atoms with Gasteiger partial charge in [0.1, 0.15) is 0 Å². The van der Waals surface area contributed by atoms with Crippen LogP contribution in [0.1, 0.15) is 30.4 Å². The van der Waals surface area contributed by atoms with Crippen LogP contribution >= 0.6 is 12.2 Å². The van der Waals surface area contributed by atoms with Gasteiger partial charge in [-0.25, -0.2) is 0 Å². The van der Waals surface area contributed by atoms with Crippen LogP contribution in [0.3, 0.4) is 0 Å². The number of aryl methyl sites for hydroxylation is 1. The Labute approximate surface area is 108 Å². The van der Waals surface area contributed by atoms with E-state index in [2.05, 4.69) is 35.8 Å². The van der Waals surface area contributed by atoms with Crippen molar-refractivity contribution in [3.8, 4) is 0 Å². The first kappa shape index (κ1) is 11.0. The van der Waals surface area contributed by atoms with E-state index in [1.807, 2.05) is 0 Å². The number of rotatable bonds is 2. The van der Waals surface area contributed by atoms with Gasteiger partial charge < -0.3 is 5.32 Å². The largest absolute Gasteiger partial charge is 0.356 e. The average Bonchev–Trinajstić information content (AvgIpc) is 2.75. The first-order valence-corrected chi connectivity index (χ1v) is 6.76. The first-order valence-electron chi connectivity index (χ1n) is 6.35. The van der Waals surface area contributed by atoms with E-state index in [4.69, 9.17) is 12.2 Å². The van der Waals surface area contributed by atoms with Gasteiger partial charge in [0.2, 0.25) is 0 Å². The summed E-state index contributed by atoms with van der Waals surface area (Å²) in [6.45, 7) is 0. The Hall–Kier alpha value is -1.15. The van der Waals surface area contributed by atoms with Gasteiger partial charge in [0.25, 0.3) is 0 Å². The van der Waals surface area contributed by atoms with Gasteiger partial charge in [-0.3, -0.25) is 0 Å². The average molecular weight is 243 g/mol. The summed E-state index contributed by atoms with van der Waals surface area (Å²) >= 11 is 5.16. The third-order valence-corrected chi connectivity index (χ3v) is 4.09. The highest BCUT2D eigenvalue weighted by Crippen LogP contribution is 2.30. The van der Waals surface area contributed by atoms with E-state index >= 15 is 0 Å². The standard InChI is InChI=1S/C15H17NS/c17-15-9-12(10-16-15)7-11-5-6-13-3-1-2-4-14(13)8-11/h1-4,10-11H,5-9H2,(H,16,17)/t11-/m0/s1. The van der Waals surface area contributed by atoms with Crippen molar-refractivity contribution in [2.24, 2.45) is 5.92 Å². The molecule has 0 bridgehead atoms. The van der Waals surface area contributed by atoms with Crippen LogP contribution < -0.4 is 5.32 Å². The Morgan fingerprint density at radius 3 is 2.82 bits per heavy atom. The zero-order chi connectivity index (χ0) is 11.7. The van der Waals surface area contributed by atoms with E-state index < -0.39 is 0 Å². The van der Waals surface area contributed by atoms with Crippen molar-refractivity contribution in [2.45, 2.75) is 32.1 Å². The predicted molar refractivity (Wildman–Crippen MR) is 75.0 cm³/mol. The molecule has 2 aliphatic rings. The van der Waals surface area contributed by atoms with Crippen LogP contribution in [0.15, 0.2) is 36.0 Å². The van der Waals surface area contributed by atoms with Gasteiger partial charge in [0.05, 0.1) is 4.99 Å². The van der Waals surface area contributed by atoms with Gasteiger partial charge >= 0.3 is 0 Å². The zero-order valence-electron chi connectivity index (χ0n) is 9.91. The molecular formula is C15H17NS. The minimum Gasteiger partial charge on any atom is -0.356 e. The van der Waals surface area contributed by atoms with Crippen molar-refractivity contribution in [3.63, 3.8) is 0 Å². The Morgan fingerprint density at radius 1 is 1.24 bits per heavy atom. The van der Waals surface area contributed by atoms with Gasteiger partial charge in [-0.1, -0.05) is 36.5 Å². The fourth-order valence-electron chi connectivity index (χ4n) is 2.94. The molecule has 0 spiro atoms. The van der Waals surface area contributed by atoms with Gasteiger partial charge in [0, 0.05) is 12.6 Å². The second-order valence-corrected chi connectivity index (χ2v) is 5.62. The molecule has 1 N–H and O–H groups in total. The topological polar surface area (TPSA) is 12.0 Å². The van der Waals surface area contributed by atoms with Crippen molar-refractivity contribution < 1.29 is 0 Å². The summed E-state index contributed by atoms with van der Waals surface area (Å²) < 4.78 is 0. The number of fused-ring (bicyclic) bond motifs is 1. The molecule has 1 aliphatic heterocycles. The number of hydrogen-bond donors (Lipinski definition) is 1. The quantitative estimate of drug-likeness (QED) is 0.799. The van der Waals surface area contributed by atoms with Crippen LogP contribution in [0.4, 0.5) is 0 Å². The molecular weight excluding hydrogens is 226 g/mol. The number of nitrogens with one attached hydrogen (secondary N) is 1. The zero-order valence-corrected chi connectivity index (χ0v) is 10.7. The van der Waals surface area contributed by atoms with Gasteiger partial charge in [-0.15, -0.1) is 0 Å². The molecule has 0 saturated heterocycles. The second kappa shape index (κ2) is 4.61. The number of hydrogen-bond acceptors (Lipinski definition) is 1. The van der Waals surface area contributed by atoms with Crippen molar-refractivity contribution in [1.29, 1.82) is 0 Å². The highest BCUT2D eigenvalue weighted by molar-refractivity contribution is 7.80. The Kier molecular flexibility index (Phi) is 2.98. The Balaban J connectivity index is 1.66. The number of benzene rings is 1. The van der Waals surface area contributed by atoms with Crippen LogP contribution in [-0.4, -0.2) is 4.99 Å².